The third-order valence-corrected chi connectivity index (χ3v) is 3.30. The summed E-state index contributed by atoms with van der Waals surface area (Å²) in [5.41, 5.74) is 2.63. The first-order valence-electron chi connectivity index (χ1n) is 6.40. The fraction of sp³-hybridized carbons (Fsp3) is 0.571. The third kappa shape index (κ3) is 3.80. The molecule has 1 fully saturated rings. The average Bonchev–Trinajstić information content (AvgIpc) is 2.39. The van der Waals surface area contributed by atoms with Crippen molar-refractivity contribution in [3.8, 4) is 0 Å². The number of rotatable bonds is 5. The second-order valence-corrected chi connectivity index (χ2v) is 4.63. The molecule has 17 heavy (non-hydrogen) atoms. The van der Waals surface area contributed by atoms with Gasteiger partial charge >= 0.3 is 0 Å². The van der Waals surface area contributed by atoms with Crippen LogP contribution in [-0.4, -0.2) is 26.2 Å². The second-order valence-electron chi connectivity index (χ2n) is 4.63. The maximum atomic E-state index is 5.22. The molecule has 1 atom stereocenters. The molecule has 1 heterocycles. The molecule has 1 aromatic carbocycles. The summed E-state index contributed by atoms with van der Waals surface area (Å²) in [5.74, 6) is 0. The second kappa shape index (κ2) is 6.74. The summed E-state index contributed by atoms with van der Waals surface area (Å²) < 4.78 is 5.22. The van der Waals surface area contributed by atoms with E-state index in [4.69, 9.17) is 4.74 Å². The van der Waals surface area contributed by atoms with Gasteiger partial charge < -0.3 is 15.4 Å². The highest BCUT2D eigenvalue weighted by Crippen LogP contribution is 2.11. The van der Waals surface area contributed by atoms with Gasteiger partial charge in [0.15, 0.2) is 0 Å². The molecule has 2 rings (SSSR count). The van der Waals surface area contributed by atoms with E-state index in [2.05, 4.69) is 34.9 Å². The molecule has 94 valence electrons. The Hall–Kier alpha value is -0.900. The molecule has 0 aromatic heterocycles. The van der Waals surface area contributed by atoms with E-state index in [1.54, 1.807) is 7.11 Å². The molecule has 1 aliphatic rings. The molecule has 1 unspecified atom stereocenters. The van der Waals surface area contributed by atoms with E-state index in [1.807, 2.05) is 0 Å². The van der Waals surface area contributed by atoms with E-state index in [1.165, 1.54) is 30.5 Å². The van der Waals surface area contributed by atoms with Crippen LogP contribution < -0.4 is 10.6 Å². The van der Waals surface area contributed by atoms with Gasteiger partial charge in [-0.25, -0.2) is 0 Å². The Morgan fingerprint density at radius 1 is 1.35 bits per heavy atom. The van der Waals surface area contributed by atoms with Crippen molar-refractivity contribution >= 4 is 0 Å². The molecule has 1 aromatic rings. The highest BCUT2D eigenvalue weighted by molar-refractivity contribution is 5.26. The quantitative estimate of drug-likeness (QED) is 0.813. The lowest BCUT2D eigenvalue weighted by Gasteiger charge is -2.24. The predicted octanol–water partition coefficient (Wildman–Crippen LogP) is 1.67. The summed E-state index contributed by atoms with van der Waals surface area (Å²) in [6.45, 7) is 3.89. The van der Waals surface area contributed by atoms with E-state index in [0.29, 0.717) is 12.6 Å². The van der Waals surface area contributed by atoms with Gasteiger partial charge in [0.1, 0.15) is 0 Å². The van der Waals surface area contributed by atoms with E-state index in [0.717, 1.165) is 13.1 Å². The largest absolute Gasteiger partial charge is 0.380 e. The first-order valence-corrected chi connectivity index (χ1v) is 6.40. The third-order valence-electron chi connectivity index (χ3n) is 3.30. The summed E-state index contributed by atoms with van der Waals surface area (Å²) in [6, 6.07) is 9.09. The van der Waals surface area contributed by atoms with Crippen molar-refractivity contribution in [1.82, 2.24) is 10.6 Å². The van der Waals surface area contributed by atoms with Gasteiger partial charge in [-0.1, -0.05) is 24.3 Å². The minimum atomic E-state index is 0.611. The number of ether oxygens (including phenoxy) is 1. The Kier molecular flexibility index (Phi) is 4.98. The molecule has 0 aliphatic carbocycles. The van der Waals surface area contributed by atoms with Gasteiger partial charge in [0.05, 0.1) is 6.61 Å². The molecule has 3 nitrogen and oxygen atoms in total. The first kappa shape index (κ1) is 12.6. The zero-order valence-corrected chi connectivity index (χ0v) is 10.5. The van der Waals surface area contributed by atoms with Crippen LogP contribution in [0.4, 0.5) is 0 Å². The van der Waals surface area contributed by atoms with Gasteiger partial charge in [0, 0.05) is 26.2 Å². The van der Waals surface area contributed by atoms with Crippen molar-refractivity contribution in [2.75, 3.05) is 20.2 Å². The van der Waals surface area contributed by atoms with Crippen LogP contribution in [0.1, 0.15) is 24.0 Å². The minimum Gasteiger partial charge on any atom is -0.380 e. The van der Waals surface area contributed by atoms with E-state index < -0.39 is 0 Å². The molecular formula is C14H22N2O. The van der Waals surface area contributed by atoms with Crippen LogP contribution in [0, 0.1) is 0 Å². The topological polar surface area (TPSA) is 33.3 Å². The van der Waals surface area contributed by atoms with Crippen molar-refractivity contribution in [3.63, 3.8) is 0 Å². The van der Waals surface area contributed by atoms with Crippen molar-refractivity contribution in [3.05, 3.63) is 35.4 Å². The maximum absolute atomic E-state index is 5.22. The average molecular weight is 234 g/mol. The zero-order valence-electron chi connectivity index (χ0n) is 10.5. The van der Waals surface area contributed by atoms with E-state index in [-0.39, 0.29) is 0 Å². The smallest absolute Gasteiger partial charge is 0.0716 e. The number of nitrogens with one attached hydrogen (secondary N) is 2. The molecule has 0 saturated carbocycles. The highest BCUT2D eigenvalue weighted by atomic mass is 16.5. The molecule has 1 aliphatic heterocycles. The van der Waals surface area contributed by atoms with Crippen molar-refractivity contribution in [1.29, 1.82) is 0 Å². The van der Waals surface area contributed by atoms with Gasteiger partial charge in [0.25, 0.3) is 0 Å². The van der Waals surface area contributed by atoms with Crippen molar-refractivity contribution in [2.45, 2.75) is 32.0 Å². The molecule has 0 spiro atoms. The molecule has 2 N–H and O–H groups in total. The SMILES string of the molecule is COCc1ccccc1CNC1CCCNC1. The molecule has 0 amide bonds. The van der Waals surface area contributed by atoms with Crippen molar-refractivity contribution in [2.24, 2.45) is 0 Å². The van der Waals surface area contributed by atoms with Crippen molar-refractivity contribution < 1.29 is 4.74 Å². The Morgan fingerprint density at radius 2 is 2.18 bits per heavy atom. The molecule has 1 saturated heterocycles. The van der Waals surface area contributed by atoms with Crippen LogP contribution in [0.5, 0.6) is 0 Å². The normalized spacial score (nSPS) is 20.4. The number of benzene rings is 1. The van der Waals surface area contributed by atoms with Gasteiger partial charge in [-0.05, 0) is 30.5 Å². The van der Waals surface area contributed by atoms with Gasteiger partial charge in [-0.3, -0.25) is 0 Å². The summed E-state index contributed by atoms with van der Waals surface area (Å²) in [4.78, 5) is 0. The summed E-state index contributed by atoms with van der Waals surface area (Å²) >= 11 is 0. The Balaban J connectivity index is 1.88. The Bertz CT molecular complexity index is 335. The summed E-state index contributed by atoms with van der Waals surface area (Å²) in [6.07, 6.45) is 2.55. The van der Waals surface area contributed by atoms with Gasteiger partial charge in [-0.15, -0.1) is 0 Å². The Labute approximate surface area is 104 Å². The lowest BCUT2D eigenvalue weighted by molar-refractivity contribution is 0.184. The molecule has 0 bridgehead atoms. The van der Waals surface area contributed by atoms with Crippen LogP contribution >= 0.6 is 0 Å². The number of methoxy groups -OCH3 is 1. The Morgan fingerprint density at radius 3 is 2.88 bits per heavy atom. The highest BCUT2D eigenvalue weighted by Gasteiger charge is 2.12. The lowest BCUT2D eigenvalue weighted by Crippen LogP contribution is -2.42. The number of hydrogen-bond donors (Lipinski definition) is 2. The maximum Gasteiger partial charge on any atom is 0.0716 e. The van der Waals surface area contributed by atoms with Crippen LogP contribution in [0.25, 0.3) is 0 Å². The molecular weight excluding hydrogens is 212 g/mol. The summed E-state index contributed by atoms with van der Waals surface area (Å²) in [5, 5.41) is 7.04. The van der Waals surface area contributed by atoms with E-state index >= 15 is 0 Å². The zero-order chi connectivity index (χ0) is 11.9. The number of hydrogen-bond acceptors (Lipinski definition) is 3. The predicted molar refractivity (Wildman–Crippen MR) is 69.9 cm³/mol. The summed E-state index contributed by atoms with van der Waals surface area (Å²) in [7, 11) is 1.75. The van der Waals surface area contributed by atoms with Gasteiger partial charge in [0.2, 0.25) is 0 Å². The molecule has 0 radical (unpaired) electrons. The molecule has 3 heteroatoms. The van der Waals surface area contributed by atoms with Gasteiger partial charge in [-0.2, -0.15) is 0 Å². The lowest BCUT2D eigenvalue weighted by atomic mass is 10.1. The van der Waals surface area contributed by atoms with Crippen LogP contribution in [0.3, 0.4) is 0 Å². The fourth-order valence-electron chi connectivity index (χ4n) is 2.31. The van der Waals surface area contributed by atoms with Crippen LogP contribution in [0.2, 0.25) is 0 Å². The van der Waals surface area contributed by atoms with Crippen LogP contribution in [-0.2, 0) is 17.9 Å². The fourth-order valence-corrected chi connectivity index (χ4v) is 2.31. The monoisotopic (exact) mass is 234 g/mol. The first-order chi connectivity index (χ1) is 8.40. The van der Waals surface area contributed by atoms with E-state index in [9.17, 15) is 0 Å². The number of piperidine rings is 1. The standard InChI is InChI=1S/C14H22N2O/c1-17-11-13-6-3-2-5-12(13)9-16-14-7-4-8-15-10-14/h2-3,5-6,14-16H,4,7-11H2,1H3. The van der Waals surface area contributed by atoms with Crippen LogP contribution in [0.15, 0.2) is 24.3 Å². The minimum absolute atomic E-state index is 0.611.